The van der Waals surface area contributed by atoms with Crippen molar-refractivity contribution < 1.29 is 9.59 Å². The molecule has 2 amide bonds. The van der Waals surface area contributed by atoms with Crippen molar-refractivity contribution in [2.24, 2.45) is 0 Å². The fourth-order valence-electron chi connectivity index (χ4n) is 2.12. The Labute approximate surface area is 123 Å². The molecule has 20 heavy (non-hydrogen) atoms. The number of hydrogen-bond acceptors (Lipinski definition) is 3. The van der Waals surface area contributed by atoms with Crippen LogP contribution in [0.15, 0.2) is 24.3 Å². The van der Waals surface area contributed by atoms with E-state index in [1.54, 1.807) is 24.3 Å². The fourth-order valence-corrected chi connectivity index (χ4v) is 2.34. The molecule has 1 saturated heterocycles. The predicted octanol–water partition coefficient (Wildman–Crippen LogP) is 1.59. The minimum absolute atomic E-state index is 0.0550. The maximum atomic E-state index is 11.9. The Morgan fingerprint density at radius 2 is 1.85 bits per heavy atom. The Hall–Kier alpha value is -1.59. The Bertz CT molecular complexity index is 487. The second-order valence-electron chi connectivity index (χ2n) is 4.75. The molecule has 0 saturated carbocycles. The summed E-state index contributed by atoms with van der Waals surface area (Å²) < 4.78 is 0. The summed E-state index contributed by atoms with van der Waals surface area (Å²) in [5, 5.41) is 4.84. The molecule has 1 fully saturated rings. The number of carbonyl (C=O) groups is 2. The minimum Gasteiger partial charge on any atom is -0.343 e. The molecule has 1 aliphatic rings. The summed E-state index contributed by atoms with van der Waals surface area (Å²) >= 11 is 5.92. The highest BCUT2D eigenvalue weighted by atomic mass is 35.5. The molecular weight excluding hydrogens is 278 g/mol. The first kappa shape index (κ1) is 14.8. The molecule has 2 rings (SSSR count). The van der Waals surface area contributed by atoms with Crippen molar-refractivity contribution in [3.8, 4) is 0 Å². The maximum Gasteiger partial charge on any atom is 0.253 e. The first-order valence-corrected chi connectivity index (χ1v) is 7.12. The van der Waals surface area contributed by atoms with Crippen molar-refractivity contribution in [3.63, 3.8) is 0 Å². The molecule has 0 unspecified atom stereocenters. The maximum absolute atomic E-state index is 11.9. The number of nitrogens with zero attached hydrogens (tertiary/aromatic N) is 1. The van der Waals surface area contributed by atoms with Crippen LogP contribution in [0.1, 0.15) is 29.6 Å². The highest BCUT2D eigenvalue weighted by Gasteiger charge is 2.14. The van der Waals surface area contributed by atoms with Gasteiger partial charge in [0.2, 0.25) is 0 Å². The average molecular weight is 296 g/mol. The molecule has 1 heterocycles. The molecule has 0 spiro atoms. The zero-order valence-corrected chi connectivity index (χ0v) is 11.9. The van der Waals surface area contributed by atoms with Gasteiger partial charge in [-0.15, -0.1) is 0 Å². The lowest BCUT2D eigenvalue weighted by atomic mass is 10.2. The molecule has 108 valence electrons. The van der Waals surface area contributed by atoms with Gasteiger partial charge in [-0.25, -0.2) is 5.01 Å². The Morgan fingerprint density at radius 1 is 1.15 bits per heavy atom. The number of hydrogen-bond donors (Lipinski definition) is 2. The van der Waals surface area contributed by atoms with Crippen molar-refractivity contribution in [3.05, 3.63) is 34.9 Å². The van der Waals surface area contributed by atoms with E-state index in [0.29, 0.717) is 10.6 Å². The van der Waals surface area contributed by atoms with E-state index in [-0.39, 0.29) is 18.4 Å². The number of amides is 2. The third-order valence-electron chi connectivity index (χ3n) is 3.17. The van der Waals surface area contributed by atoms with Gasteiger partial charge in [0.25, 0.3) is 11.8 Å². The van der Waals surface area contributed by atoms with Gasteiger partial charge in [0.05, 0.1) is 17.1 Å². The second-order valence-corrected chi connectivity index (χ2v) is 5.15. The van der Waals surface area contributed by atoms with Gasteiger partial charge in [0.15, 0.2) is 0 Å². The number of benzene rings is 1. The lowest BCUT2D eigenvalue weighted by molar-refractivity contribution is -0.125. The first-order chi connectivity index (χ1) is 9.66. The van der Waals surface area contributed by atoms with Crippen LogP contribution in [-0.2, 0) is 4.79 Å². The second kappa shape index (κ2) is 7.26. The highest BCUT2D eigenvalue weighted by Crippen LogP contribution is 2.14. The van der Waals surface area contributed by atoms with Crippen molar-refractivity contribution in [2.75, 3.05) is 19.6 Å². The quantitative estimate of drug-likeness (QED) is 0.887. The SMILES string of the molecule is O=C(CNC(=O)c1ccccc1Cl)NN1CCCCC1. The highest BCUT2D eigenvalue weighted by molar-refractivity contribution is 6.33. The summed E-state index contributed by atoms with van der Waals surface area (Å²) in [5.74, 6) is -0.559. The van der Waals surface area contributed by atoms with Crippen LogP contribution in [-0.4, -0.2) is 36.5 Å². The van der Waals surface area contributed by atoms with Crippen LogP contribution in [0.5, 0.6) is 0 Å². The third kappa shape index (κ3) is 4.21. The van der Waals surface area contributed by atoms with E-state index in [9.17, 15) is 9.59 Å². The summed E-state index contributed by atoms with van der Waals surface area (Å²) in [6, 6.07) is 6.75. The molecule has 0 atom stereocenters. The van der Waals surface area contributed by atoms with Gasteiger partial charge in [0, 0.05) is 13.1 Å². The Morgan fingerprint density at radius 3 is 2.55 bits per heavy atom. The van der Waals surface area contributed by atoms with E-state index in [0.717, 1.165) is 25.9 Å². The van der Waals surface area contributed by atoms with Crippen LogP contribution in [0.2, 0.25) is 5.02 Å². The number of hydrazine groups is 1. The molecule has 5 nitrogen and oxygen atoms in total. The van der Waals surface area contributed by atoms with Gasteiger partial charge in [-0.3, -0.25) is 15.0 Å². The summed E-state index contributed by atoms with van der Waals surface area (Å²) in [7, 11) is 0. The smallest absolute Gasteiger partial charge is 0.253 e. The fraction of sp³-hybridized carbons (Fsp3) is 0.429. The molecule has 6 heteroatoms. The molecule has 0 radical (unpaired) electrons. The standard InChI is InChI=1S/C14H18ClN3O2/c15-12-7-3-2-6-11(12)14(20)16-10-13(19)17-18-8-4-1-5-9-18/h2-3,6-7H,1,4-5,8-10H2,(H,16,20)(H,17,19). The van der Waals surface area contributed by atoms with Gasteiger partial charge in [0.1, 0.15) is 0 Å². The topological polar surface area (TPSA) is 61.4 Å². The number of rotatable bonds is 4. The van der Waals surface area contributed by atoms with Crippen LogP contribution < -0.4 is 10.7 Å². The molecule has 1 aromatic carbocycles. The number of halogens is 1. The summed E-state index contributed by atoms with van der Waals surface area (Å²) in [4.78, 5) is 23.6. The summed E-state index contributed by atoms with van der Waals surface area (Å²) in [6.07, 6.45) is 3.38. The van der Waals surface area contributed by atoms with E-state index in [1.807, 2.05) is 5.01 Å². The van der Waals surface area contributed by atoms with Crippen LogP contribution in [0.3, 0.4) is 0 Å². The Balaban J connectivity index is 1.78. The van der Waals surface area contributed by atoms with Gasteiger partial charge in [-0.1, -0.05) is 30.2 Å². The molecule has 1 aliphatic heterocycles. The molecular formula is C14H18ClN3O2. The number of piperidine rings is 1. The molecule has 1 aromatic rings. The number of carbonyl (C=O) groups excluding carboxylic acids is 2. The largest absolute Gasteiger partial charge is 0.343 e. The van der Waals surface area contributed by atoms with Crippen LogP contribution in [0.4, 0.5) is 0 Å². The zero-order chi connectivity index (χ0) is 14.4. The monoisotopic (exact) mass is 295 g/mol. The van der Waals surface area contributed by atoms with E-state index in [4.69, 9.17) is 11.6 Å². The number of nitrogens with one attached hydrogen (secondary N) is 2. The first-order valence-electron chi connectivity index (χ1n) is 6.74. The van der Waals surface area contributed by atoms with Gasteiger partial charge >= 0.3 is 0 Å². The van der Waals surface area contributed by atoms with E-state index < -0.39 is 0 Å². The summed E-state index contributed by atoms with van der Waals surface area (Å²) in [5.41, 5.74) is 3.16. The van der Waals surface area contributed by atoms with E-state index >= 15 is 0 Å². The van der Waals surface area contributed by atoms with Crippen LogP contribution in [0.25, 0.3) is 0 Å². The predicted molar refractivity (Wildman–Crippen MR) is 77.4 cm³/mol. The average Bonchev–Trinajstić information content (AvgIpc) is 2.46. The van der Waals surface area contributed by atoms with Crippen molar-refractivity contribution in [1.82, 2.24) is 15.8 Å². The van der Waals surface area contributed by atoms with E-state index in [2.05, 4.69) is 10.7 Å². The minimum atomic E-state index is -0.343. The van der Waals surface area contributed by atoms with Crippen molar-refractivity contribution >= 4 is 23.4 Å². The molecule has 0 aromatic heterocycles. The van der Waals surface area contributed by atoms with Crippen molar-refractivity contribution in [1.29, 1.82) is 0 Å². The molecule has 0 aliphatic carbocycles. The van der Waals surface area contributed by atoms with Gasteiger partial charge < -0.3 is 5.32 Å². The normalized spacial score (nSPS) is 15.7. The third-order valence-corrected chi connectivity index (χ3v) is 3.50. The Kier molecular flexibility index (Phi) is 5.38. The molecule has 0 bridgehead atoms. The van der Waals surface area contributed by atoms with Gasteiger partial charge in [-0.2, -0.15) is 0 Å². The lowest BCUT2D eigenvalue weighted by Crippen LogP contribution is -2.48. The molecule has 2 N–H and O–H groups in total. The lowest BCUT2D eigenvalue weighted by Gasteiger charge is -2.26. The van der Waals surface area contributed by atoms with Gasteiger partial charge in [-0.05, 0) is 25.0 Å². The van der Waals surface area contributed by atoms with Crippen LogP contribution >= 0.6 is 11.6 Å². The van der Waals surface area contributed by atoms with Crippen molar-refractivity contribution in [2.45, 2.75) is 19.3 Å². The summed E-state index contributed by atoms with van der Waals surface area (Å²) in [6.45, 7) is 1.68. The van der Waals surface area contributed by atoms with Crippen LogP contribution in [0, 0.1) is 0 Å². The van der Waals surface area contributed by atoms with E-state index in [1.165, 1.54) is 6.42 Å². The zero-order valence-electron chi connectivity index (χ0n) is 11.2.